The van der Waals surface area contributed by atoms with E-state index in [2.05, 4.69) is 15.2 Å². The molecule has 146 valence electrons. The number of urea groups is 1. The Morgan fingerprint density at radius 1 is 1.14 bits per heavy atom. The molecular formula is C19H18F2N4O2S. The minimum atomic E-state index is -0.795. The second-order valence-corrected chi connectivity index (χ2v) is 7.34. The van der Waals surface area contributed by atoms with E-state index >= 15 is 0 Å². The maximum absolute atomic E-state index is 13.7. The quantitative estimate of drug-likeness (QED) is 0.719. The number of carbonyl (C=O) groups excluding carboxylic acids is 1. The van der Waals surface area contributed by atoms with Crippen LogP contribution >= 0.6 is 11.3 Å². The summed E-state index contributed by atoms with van der Waals surface area (Å²) >= 11 is 1.57. The molecule has 1 N–H and O–H groups in total. The smallest absolute Gasteiger partial charge is 0.322 e. The van der Waals surface area contributed by atoms with Crippen LogP contribution in [0.4, 0.5) is 24.4 Å². The summed E-state index contributed by atoms with van der Waals surface area (Å²) < 4.78 is 33.7. The number of anilines is 2. The third-order valence-corrected chi connectivity index (χ3v) is 5.70. The standard InChI is InChI=1S/C19H18F2N4O2S/c1-27-12-5-6-15-16(11-12)28-19(22-15)25-9-7-24(8-10-25)18(26)23-17-13(20)3-2-4-14(17)21/h2-6,11H,7-10H2,1H3,(H,23,26). The van der Waals surface area contributed by atoms with Gasteiger partial charge in [0.05, 0.1) is 17.3 Å². The molecule has 0 atom stereocenters. The minimum Gasteiger partial charge on any atom is -0.497 e. The first-order valence-electron chi connectivity index (χ1n) is 8.74. The van der Waals surface area contributed by atoms with Gasteiger partial charge in [-0.25, -0.2) is 18.6 Å². The summed E-state index contributed by atoms with van der Waals surface area (Å²) in [6.45, 7) is 2.04. The Kier molecular flexibility index (Phi) is 4.99. The first kappa shape index (κ1) is 18.4. The number of halogens is 2. The number of carbonyl (C=O) groups is 1. The van der Waals surface area contributed by atoms with Gasteiger partial charge in [0.2, 0.25) is 0 Å². The zero-order valence-corrected chi connectivity index (χ0v) is 15.9. The molecule has 1 aromatic heterocycles. The third kappa shape index (κ3) is 3.57. The van der Waals surface area contributed by atoms with Crippen molar-refractivity contribution < 1.29 is 18.3 Å². The van der Waals surface area contributed by atoms with E-state index in [1.807, 2.05) is 18.2 Å². The number of hydrogen-bond donors (Lipinski definition) is 1. The third-order valence-electron chi connectivity index (χ3n) is 4.62. The Balaban J connectivity index is 1.41. The van der Waals surface area contributed by atoms with E-state index in [-0.39, 0.29) is 0 Å². The Bertz CT molecular complexity index is 998. The molecule has 2 aromatic carbocycles. The predicted octanol–water partition coefficient (Wildman–Crippen LogP) is 3.94. The van der Waals surface area contributed by atoms with Crippen LogP contribution in [0, 0.1) is 11.6 Å². The van der Waals surface area contributed by atoms with E-state index < -0.39 is 23.4 Å². The number of aromatic nitrogens is 1. The van der Waals surface area contributed by atoms with Gasteiger partial charge in [0, 0.05) is 26.2 Å². The molecule has 1 aliphatic rings. The first-order chi connectivity index (χ1) is 13.5. The van der Waals surface area contributed by atoms with Crippen molar-refractivity contribution in [1.29, 1.82) is 0 Å². The lowest BCUT2D eigenvalue weighted by atomic mass is 10.3. The van der Waals surface area contributed by atoms with Gasteiger partial charge in [-0.15, -0.1) is 0 Å². The fourth-order valence-corrected chi connectivity index (χ4v) is 4.10. The Morgan fingerprint density at radius 2 is 1.86 bits per heavy atom. The van der Waals surface area contributed by atoms with E-state index in [4.69, 9.17) is 4.74 Å². The Morgan fingerprint density at radius 3 is 2.54 bits per heavy atom. The number of fused-ring (bicyclic) bond motifs is 1. The Labute approximate surface area is 164 Å². The molecule has 9 heteroatoms. The van der Waals surface area contributed by atoms with Crippen molar-refractivity contribution in [3.8, 4) is 5.75 Å². The summed E-state index contributed by atoms with van der Waals surface area (Å²) in [4.78, 5) is 20.6. The number of benzene rings is 2. The van der Waals surface area contributed by atoms with Crippen LogP contribution in [-0.4, -0.2) is 49.2 Å². The molecule has 0 spiro atoms. The van der Waals surface area contributed by atoms with Gasteiger partial charge in [-0.1, -0.05) is 17.4 Å². The van der Waals surface area contributed by atoms with Crippen molar-refractivity contribution in [1.82, 2.24) is 9.88 Å². The lowest BCUT2D eigenvalue weighted by molar-refractivity contribution is 0.208. The maximum atomic E-state index is 13.7. The van der Waals surface area contributed by atoms with E-state index in [1.165, 1.54) is 6.07 Å². The molecule has 0 radical (unpaired) electrons. The molecule has 1 aliphatic heterocycles. The lowest BCUT2D eigenvalue weighted by Gasteiger charge is -2.34. The largest absolute Gasteiger partial charge is 0.497 e. The highest BCUT2D eigenvalue weighted by Crippen LogP contribution is 2.32. The second kappa shape index (κ2) is 7.59. The monoisotopic (exact) mass is 404 g/mol. The van der Waals surface area contributed by atoms with Crippen molar-refractivity contribution in [2.45, 2.75) is 0 Å². The van der Waals surface area contributed by atoms with Gasteiger partial charge in [0.1, 0.15) is 23.1 Å². The number of nitrogens with one attached hydrogen (secondary N) is 1. The van der Waals surface area contributed by atoms with E-state index in [9.17, 15) is 13.6 Å². The molecule has 6 nitrogen and oxygen atoms in total. The van der Waals surface area contributed by atoms with Crippen LogP contribution in [0.2, 0.25) is 0 Å². The number of para-hydroxylation sites is 1. The molecule has 1 saturated heterocycles. The summed E-state index contributed by atoms with van der Waals surface area (Å²) in [5.74, 6) is -0.807. The molecule has 2 heterocycles. The van der Waals surface area contributed by atoms with Crippen LogP contribution in [0.25, 0.3) is 10.2 Å². The summed E-state index contributed by atoms with van der Waals surface area (Å²) in [6, 6.07) is 8.70. The van der Waals surface area contributed by atoms with E-state index in [1.54, 1.807) is 23.3 Å². The summed E-state index contributed by atoms with van der Waals surface area (Å²) in [5.41, 5.74) is 0.478. The number of thiazole rings is 1. The van der Waals surface area contributed by atoms with E-state index in [0.29, 0.717) is 26.2 Å². The molecule has 0 unspecified atom stereocenters. The van der Waals surface area contributed by atoms with Gasteiger partial charge < -0.3 is 19.9 Å². The summed E-state index contributed by atoms with van der Waals surface area (Å²) in [6.07, 6.45) is 0. The summed E-state index contributed by atoms with van der Waals surface area (Å²) in [7, 11) is 1.63. The highest BCUT2D eigenvalue weighted by Gasteiger charge is 2.24. The van der Waals surface area contributed by atoms with Crippen LogP contribution in [0.1, 0.15) is 0 Å². The van der Waals surface area contributed by atoms with Crippen molar-refractivity contribution in [3.05, 3.63) is 48.0 Å². The Hall–Kier alpha value is -2.94. The van der Waals surface area contributed by atoms with Gasteiger partial charge >= 0.3 is 6.03 Å². The molecule has 0 aliphatic carbocycles. The molecule has 2 amide bonds. The minimum absolute atomic E-state index is 0.421. The van der Waals surface area contributed by atoms with Crippen molar-refractivity contribution >= 4 is 38.4 Å². The fraction of sp³-hybridized carbons (Fsp3) is 0.263. The van der Waals surface area contributed by atoms with E-state index in [0.717, 1.165) is 33.2 Å². The van der Waals surface area contributed by atoms with Crippen molar-refractivity contribution in [3.63, 3.8) is 0 Å². The molecule has 4 rings (SSSR count). The second-order valence-electron chi connectivity index (χ2n) is 6.33. The van der Waals surface area contributed by atoms with Crippen LogP contribution in [-0.2, 0) is 0 Å². The fourth-order valence-electron chi connectivity index (χ4n) is 3.06. The zero-order chi connectivity index (χ0) is 19.7. The number of hydrogen-bond acceptors (Lipinski definition) is 5. The number of rotatable bonds is 3. The van der Waals surface area contributed by atoms with Crippen molar-refractivity contribution in [2.75, 3.05) is 43.5 Å². The zero-order valence-electron chi connectivity index (χ0n) is 15.1. The number of methoxy groups -OCH3 is 1. The SMILES string of the molecule is COc1ccc2nc(N3CCN(C(=O)Nc4c(F)cccc4F)CC3)sc2c1. The average Bonchev–Trinajstić information content (AvgIpc) is 3.14. The van der Waals surface area contributed by atoms with Gasteiger partial charge in [0.25, 0.3) is 0 Å². The number of ether oxygens (including phenoxy) is 1. The van der Waals surface area contributed by atoms with Gasteiger partial charge in [-0.05, 0) is 30.3 Å². The van der Waals surface area contributed by atoms with Gasteiger partial charge in [-0.2, -0.15) is 0 Å². The molecular weight excluding hydrogens is 386 g/mol. The molecule has 3 aromatic rings. The topological polar surface area (TPSA) is 57.7 Å². The predicted molar refractivity (Wildman–Crippen MR) is 105 cm³/mol. The van der Waals surface area contributed by atoms with Gasteiger partial charge in [0.15, 0.2) is 5.13 Å². The number of amides is 2. The van der Waals surface area contributed by atoms with Crippen molar-refractivity contribution in [2.24, 2.45) is 0 Å². The molecule has 0 saturated carbocycles. The maximum Gasteiger partial charge on any atom is 0.322 e. The van der Waals surface area contributed by atoms with Crippen LogP contribution in [0.3, 0.4) is 0 Å². The highest BCUT2D eigenvalue weighted by molar-refractivity contribution is 7.22. The van der Waals surface area contributed by atoms with Crippen LogP contribution in [0.15, 0.2) is 36.4 Å². The molecule has 28 heavy (non-hydrogen) atoms. The highest BCUT2D eigenvalue weighted by atomic mass is 32.1. The summed E-state index contributed by atoms with van der Waals surface area (Å²) in [5, 5.41) is 3.21. The first-order valence-corrected chi connectivity index (χ1v) is 9.56. The van der Waals surface area contributed by atoms with Crippen LogP contribution < -0.4 is 15.0 Å². The van der Waals surface area contributed by atoms with Gasteiger partial charge in [-0.3, -0.25) is 0 Å². The molecule has 0 bridgehead atoms. The molecule has 1 fully saturated rings. The number of piperazine rings is 1. The van der Waals surface area contributed by atoms with Crippen LogP contribution in [0.5, 0.6) is 5.75 Å². The lowest BCUT2D eigenvalue weighted by Crippen LogP contribution is -2.50. The number of nitrogens with zero attached hydrogens (tertiary/aromatic N) is 3. The normalized spacial score (nSPS) is 14.4. The average molecular weight is 404 g/mol.